The summed E-state index contributed by atoms with van der Waals surface area (Å²) in [5, 5.41) is 23.7. The van der Waals surface area contributed by atoms with Gasteiger partial charge in [0, 0.05) is 5.92 Å². The van der Waals surface area contributed by atoms with E-state index in [1.54, 1.807) is 0 Å². The van der Waals surface area contributed by atoms with Gasteiger partial charge in [-0.2, -0.15) is 0 Å². The molecule has 0 radical (unpaired) electrons. The van der Waals surface area contributed by atoms with Crippen LogP contribution >= 0.6 is 0 Å². The largest absolute Gasteiger partial charge is 0.475 e. The third-order valence-electron chi connectivity index (χ3n) is 5.17. The summed E-state index contributed by atoms with van der Waals surface area (Å²) in [6.07, 6.45) is -0.286. The first-order valence-corrected chi connectivity index (χ1v) is 10.1. The highest BCUT2D eigenvalue weighted by Crippen LogP contribution is 2.44. The first-order chi connectivity index (χ1) is 14.4. The summed E-state index contributed by atoms with van der Waals surface area (Å²) in [7, 11) is -1.66. The van der Waals surface area contributed by atoms with Gasteiger partial charge in [0.1, 0.15) is 6.61 Å². The van der Waals surface area contributed by atoms with Crippen molar-refractivity contribution in [3.05, 3.63) is 59.7 Å². The molecule has 2 amide bonds. The average Bonchev–Trinajstić information content (AvgIpc) is 3.04. The molecule has 8 heteroatoms. The fourth-order valence-electron chi connectivity index (χ4n) is 3.82. The van der Waals surface area contributed by atoms with Crippen LogP contribution in [0.2, 0.25) is 0 Å². The van der Waals surface area contributed by atoms with E-state index < -0.39 is 25.1 Å². The normalized spacial score (nSPS) is 13.4. The van der Waals surface area contributed by atoms with Crippen molar-refractivity contribution in [1.29, 1.82) is 0 Å². The quantitative estimate of drug-likeness (QED) is 0.499. The molecule has 158 valence electrons. The van der Waals surface area contributed by atoms with E-state index in [4.69, 9.17) is 4.74 Å². The van der Waals surface area contributed by atoms with Crippen LogP contribution in [0.1, 0.15) is 37.3 Å². The summed E-state index contributed by atoms with van der Waals surface area (Å²) in [4.78, 5) is 24.1. The molecule has 0 fully saturated rings. The van der Waals surface area contributed by atoms with E-state index in [9.17, 15) is 19.6 Å². The molecule has 2 aromatic carbocycles. The molecule has 7 nitrogen and oxygen atoms in total. The lowest BCUT2D eigenvalue weighted by Crippen LogP contribution is -2.50. The standard InChI is InChI=1S/C22H27BN2O5/c1-14(2)11-20(23(28)29)25-21(26)12-24-22(27)30-13-19-17-9-5-3-7-15(17)16-8-4-6-10-18(16)19/h3-10,14,19-20,28-29H,11-13H2,1-2H3,(H,24,27)(H,25,26)/t20-/m0/s1. The highest BCUT2D eigenvalue weighted by molar-refractivity contribution is 6.43. The fraction of sp³-hybridized carbons (Fsp3) is 0.364. The first kappa shape index (κ1) is 21.9. The van der Waals surface area contributed by atoms with Gasteiger partial charge in [-0.25, -0.2) is 4.79 Å². The lowest BCUT2D eigenvalue weighted by molar-refractivity contribution is -0.120. The molecule has 1 atom stereocenters. The van der Waals surface area contributed by atoms with E-state index in [1.165, 1.54) is 0 Å². The minimum absolute atomic E-state index is 0.0584. The van der Waals surface area contributed by atoms with Crippen molar-refractivity contribution in [2.24, 2.45) is 5.92 Å². The Bertz CT molecular complexity index is 857. The molecule has 0 saturated heterocycles. The van der Waals surface area contributed by atoms with Crippen LogP contribution in [0.25, 0.3) is 11.1 Å². The average molecular weight is 410 g/mol. The van der Waals surface area contributed by atoms with Crippen LogP contribution in [0.3, 0.4) is 0 Å². The van der Waals surface area contributed by atoms with Crippen molar-refractivity contribution >= 4 is 19.1 Å². The number of benzene rings is 2. The Hall–Kier alpha value is -2.84. The summed E-state index contributed by atoms with van der Waals surface area (Å²) in [5.74, 6) is -1.19. The summed E-state index contributed by atoms with van der Waals surface area (Å²) in [6.45, 7) is 3.68. The molecule has 0 heterocycles. The number of nitrogens with one attached hydrogen (secondary N) is 2. The molecule has 0 aliphatic heterocycles. The highest BCUT2D eigenvalue weighted by atomic mass is 16.5. The molecule has 30 heavy (non-hydrogen) atoms. The number of carbonyl (C=O) groups is 2. The number of hydrogen-bond acceptors (Lipinski definition) is 5. The summed E-state index contributed by atoms with van der Waals surface area (Å²) >= 11 is 0. The lowest BCUT2D eigenvalue weighted by Gasteiger charge is -2.20. The van der Waals surface area contributed by atoms with Gasteiger partial charge in [0.2, 0.25) is 5.91 Å². The van der Waals surface area contributed by atoms with Crippen LogP contribution in [-0.2, 0) is 9.53 Å². The fourth-order valence-corrected chi connectivity index (χ4v) is 3.82. The molecule has 0 bridgehead atoms. The number of alkyl carbamates (subject to hydrolysis) is 1. The molecule has 2 aromatic rings. The van der Waals surface area contributed by atoms with Gasteiger partial charge in [0.15, 0.2) is 0 Å². The van der Waals surface area contributed by atoms with Gasteiger partial charge < -0.3 is 25.4 Å². The molecule has 0 unspecified atom stereocenters. The Kier molecular flexibility index (Phi) is 7.13. The maximum absolute atomic E-state index is 12.1. The lowest BCUT2D eigenvalue weighted by atomic mass is 9.75. The van der Waals surface area contributed by atoms with E-state index >= 15 is 0 Å². The van der Waals surface area contributed by atoms with Crippen molar-refractivity contribution < 1.29 is 24.4 Å². The van der Waals surface area contributed by atoms with E-state index in [1.807, 2.05) is 50.2 Å². The maximum Gasteiger partial charge on any atom is 0.475 e. The number of carbonyl (C=O) groups excluding carboxylic acids is 2. The van der Waals surface area contributed by atoms with Crippen molar-refractivity contribution in [2.75, 3.05) is 13.2 Å². The second kappa shape index (κ2) is 9.78. The first-order valence-electron chi connectivity index (χ1n) is 10.1. The second-order valence-electron chi connectivity index (χ2n) is 7.90. The monoisotopic (exact) mass is 410 g/mol. The Morgan fingerprint density at radius 1 is 1.03 bits per heavy atom. The molecule has 4 N–H and O–H groups in total. The van der Waals surface area contributed by atoms with E-state index in [-0.39, 0.29) is 25.0 Å². The maximum atomic E-state index is 12.1. The second-order valence-corrected chi connectivity index (χ2v) is 7.90. The van der Waals surface area contributed by atoms with Crippen LogP contribution < -0.4 is 10.6 Å². The molecule has 1 aliphatic rings. The predicted octanol–water partition coefficient (Wildman–Crippen LogP) is 2.07. The topological polar surface area (TPSA) is 108 Å². The highest BCUT2D eigenvalue weighted by Gasteiger charge is 2.29. The number of rotatable bonds is 8. The van der Waals surface area contributed by atoms with Gasteiger partial charge in [0.05, 0.1) is 12.5 Å². The minimum Gasteiger partial charge on any atom is -0.449 e. The number of fused-ring (bicyclic) bond motifs is 3. The van der Waals surface area contributed by atoms with Crippen molar-refractivity contribution in [3.8, 4) is 11.1 Å². The molecule has 0 aromatic heterocycles. The molecular weight excluding hydrogens is 383 g/mol. The number of amides is 2. The van der Waals surface area contributed by atoms with Crippen molar-refractivity contribution in [3.63, 3.8) is 0 Å². The molecule has 1 aliphatic carbocycles. The van der Waals surface area contributed by atoms with E-state index in [0.29, 0.717) is 6.42 Å². The summed E-state index contributed by atoms with van der Waals surface area (Å²) in [6, 6.07) is 16.1. The Balaban J connectivity index is 1.52. The molecule has 3 rings (SSSR count). The zero-order valence-corrected chi connectivity index (χ0v) is 17.2. The number of hydrogen-bond donors (Lipinski definition) is 4. The van der Waals surface area contributed by atoms with Gasteiger partial charge in [-0.05, 0) is 34.6 Å². The third-order valence-corrected chi connectivity index (χ3v) is 5.17. The SMILES string of the molecule is CC(C)C[C@H](NC(=O)CNC(=O)OCC1c2ccccc2-c2ccccc21)B(O)O. The van der Waals surface area contributed by atoms with Crippen LogP contribution in [0.5, 0.6) is 0 Å². The third kappa shape index (κ3) is 5.20. The number of ether oxygens (including phenoxy) is 1. The van der Waals surface area contributed by atoms with E-state index in [0.717, 1.165) is 22.3 Å². The van der Waals surface area contributed by atoms with Crippen molar-refractivity contribution in [2.45, 2.75) is 32.1 Å². The molecular formula is C22H27BN2O5. The zero-order chi connectivity index (χ0) is 21.7. The van der Waals surface area contributed by atoms with Gasteiger partial charge in [0.25, 0.3) is 0 Å². The van der Waals surface area contributed by atoms with Gasteiger partial charge in [-0.3, -0.25) is 4.79 Å². The summed E-state index contributed by atoms with van der Waals surface area (Å²) < 4.78 is 5.38. The van der Waals surface area contributed by atoms with Crippen LogP contribution in [0.4, 0.5) is 4.79 Å². The van der Waals surface area contributed by atoms with Gasteiger partial charge in [-0.1, -0.05) is 62.4 Å². The Labute approximate surface area is 176 Å². The van der Waals surface area contributed by atoms with Crippen LogP contribution in [0.15, 0.2) is 48.5 Å². The predicted molar refractivity (Wildman–Crippen MR) is 115 cm³/mol. The Morgan fingerprint density at radius 3 is 2.13 bits per heavy atom. The van der Waals surface area contributed by atoms with Crippen molar-refractivity contribution in [1.82, 2.24) is 10.6 Å². The molecule has 0 spiro atoms. The Morgan fingerprint density at radius 2 is 1.60 bits per heavy atom. The minimum atomic E-state index is -1.66. The van der Waals surface area contributed by atoms with Gasteiger partial charge in [-0.15, -0.1) is 0 Å². The summed E-state index contributed by atoms with van der Waals surface area (Å²) in [5.41, 5.74) is 4.50. The smallest absolute Gasteiger partial charge is 0.449 e. The van der Waals surface area contributed by atoms with Crippen LogP contribution in [-0.4, -0.2) is 48.3 Å². The van der Waals surface area contributed by atoms with E-state index in [2.05, 4.69) is 22.8 Å². The van der Waals surface area contributed by atoms with Gasteiger partial charge >= 0.3 is 13.2 Å². The van der Waals surface area contributed by atoms with Crippen LogP contribution in [0, 0.1) is 5.92 Å². The molecule has 0 saturated carbocycles. The zero-order valence-electron chi connectivity index (χ0n) is 17.2.